The van der Waals surface area contributed by atoms with Gasteiger partial charge in [0.05, 0.1) is 6.10 Å². The summed E-state index contributed by atoms with van der Waals surface area (Å²) in [4.78, 5) is 0. The first kappa shape index (κ1) is 12.7. The summed E-state index contributed by atoms with van der Waals surface area (Å²) in [5.41, 5.74) is 1.27. The Hall–Kier alpha value is -0.800. The summed E-state index contributed by atoms with van der Waals surface area (Å²) < 4.78 is 11.1. The van der Waals surface area contributed by atoms with Gasteiger partial charge in [-0.1, -0.05) is 0 Å². The molecule has 0 saturated heterocycles. The third kappa shape index (κ3) is 2.72. The maximum absolute atomic E-state index is 5.58. The quantitative estimate of drug-likeness (QED) is 0.873. The summed E-state index contributed by atoms with van der Waals surface area (Å²) in [6.45, 7) is 6.22. The van der Waals surface area contributed by atoms with E-state index in [1.165, 1.54) is 24.8 Å². The minimum Gasteiger partial charge on any atom is -0.466 e. The molecule has 2 rings (SSSR count). The molecule has 0 aliphatic heterocycles. The van der Waals surface area contributed by atoms with Crippen LogP contribution in [0.15, 0.2) is 10.5 Å². The molecule has 17 heavy (non-hydrogen) atoms. The Balaban J connectivity index is 2.01. The van der Waals surface area contributed by atoms with E-state index in [9.17, 15) is 0 Å². The standard InChI is InChI=1S/C14H23NO2/c1-9-8-12(11(3)17-9)10(2)15-13-6-5-7-14(13)16-4/h8,10,13-15H,5-7H2,1-4H3. The van der Waals surface area contributed by atoms with Crippen LogP contribution in [-0.4, -0.2) is 19.3 Å². The van der Waals surface area contributed by atoms with Crippen molar-refractivity contribution in [2.75, 3.05) is 7.11 Å². The third-order valence-corrected chi connectivity index (χ3v) is 3.77. The van der Waals surface area contributed by atoms with Crippen LogP contribution in [0.3, 0.4) is 0 Å². The van der Waals surface area contributed by atoms with E-state index in [2.05, 4.69) is 18.3 Å². The highest BCUT2D eigenvalue weighted by Crippen LogP contribution is 2.26. The van der Waals surface area contributed by atoms with Gasteiger partial charge in [-0.3, -0.25) is 0 Å². The van der Waals surface area contributed by atoms with Gasteiger partial charge in [-0.2, -0.15) is 0 Å². The molecule has 0 radical (unpaired) electrons. The minimum absolute atomic E-state index is 0.327. The van der Waals surface area contributed by atoms with E-state index < -0.39 is 0 Å². The van der Waals surface area contributed by atoms with Gasteiger partial charge < -0.3 is 14.5 Å². The summed E-state index contributed by atoms with van der Waals surface area (Å²) >= 11 is 0. The lowest BCUT2D eigenvalue weighted by atomic mass is 10.1. The van der Waals surface area contributed by atoms with Gasteiger partial charge >= 0.3 is 0 Å². The molecule has 0 spiro atoms. The van der Waals surface area contributed by atoms with Crippen molar-refractivity contribution in [1.29, 1.82) is 0 Å². The smallest absolute Gasteiger partial charge is 0.105 e. The Kier molecular flexibility index (Phi) is 3.89. The molecule has 3 nitrogen and oxygen atoms in total. The number of aryl methyl sites for hydroxylation is 2. The zero-order valence-electron chi connectivity index (χ0n) is 11.2. The maximum atomic E-state index is 5.58. The lowest BCUT2D eigenvalue weighted by Crippen LogP contribution is -2.38. The van der Waals surface area contributed by atoms with Crippen molar-refractivity contribution in [3.63, 3.8) is 0 Å². The first-order valence-corrected chi connectivity index (χ1v) is 6.47. The summed E-state index contributed by atoms with van der Waals surface area (Å²) in [5, 5.41) is 3.67. The highest BCUT2D eigenvalue weighted by Gasteiger charge is 2.28. The second-order valence-corrected chi connectivity index (χ2v) is 5.07. The molecular weight excluding hydrogens is 214 g/mol. The van der Waals surface area contributed by atoms with Gasteiger partial charge in [0.25, 0.3) is 0 Å². The number of nitrogens with one attached hydrogen (secondary N) is 1. The van der Waals surface area contributed by atoms with Gasteiger partial charge in [-0.25, -0.2) is 0 Å². The van der Waals surface area contributed by atoms with Gasteiger partial charge in [0.1, 0.15) is 11.5 Å². The van der Waals surface area contributed by atoms with Crippen LogP contribution in [0, 0.1) is 13.8 Å². The number of furan rings is 1. The Bertz CT molecular complexity index is 372. The zero-order valence-corrected chi connectivity index (χ0v) is 11.2. The molecule has 1 N–H and O–H groups in total. The molecule has 3 atom stereocenters. The van der Waals surface area contributed by atoms with Crippen LogP contribution >= 0.6 is 0 Å². The van der Waals surface area contributed by atoms with E-state index in [0.717, 1.165) is 11.5 Å². The van der Waals surface area contributed by atoms with Crippen LogP contribution in [0.2, 0.25) is 0 Å². The molecule has 1 aromatic rings. The molecule has 0 aromatic carbocycles. The Morgan fingerprint density at radius 1 is 1.41 bits per heavy atom. The number of hydrogen-bond acceptors (Lipinski definition) is 3. The fourth-order valence-electron chi connectivity index (χ4n) is 2.89. The molecule has 1 aliphatic rings. The SMILES string of the molecule is COC1CCCC1NC(C)c1cc(C)oc1C. The molecule has 1 aliphatic carbocycles. The second kappa shape index (κ2) is 5.23. The fraction of sp³-hybridized carbons (Fsp3) is 0.714. The first-order valence-electron chi connectivity index (χ1n) is 6.47. The van der Waals surface area contributed by atoms with Crippen molar-refractivity contribution in [3.8, 4) is 0 Å². The topological polar surface area (TPSA) is 34.4 Å². The van der Waals surface area contributed by atoms with E-state index in [1.54, 1.807) is 0 Å². The monoisotopic (exact) mass is 237 g/mol. The number of rotatable bonds is 4. The van der Waals surface area contributed by atoms with Crippen molar-refractivity contribution in [2.45, 2.75) is 58.2 Å². The summed E-state index contributed by atoms with van der Waals surface area (Å²) in [6.07, 6.45) is 4.00. The predicted octanol–water partition coefficient (Wildman–Crippen LogP) is 3.11. The number of methoxy groups -OCH3 is 1. The predicted molar refractivity (Wildman–Crippen MR) is 68.2 cm³/mol. The molecule has 96 valence electrons. The molecule has 3 heteroatoms. The van der Waals surface area contributed by atoms with Crippen LogP contribution in [0.25, 0.3) is 0 Å². The van der Waals surface area contributed by atoms with Gasteiger partial charge in [-0.15, -0.1) is 0 Å². The average molecular weight is 237 g/mol. The van der Waals surface area contributed by atoms with Crippen LogP contribution < -0.4 is 5.32 Å². The van der Waals surface area contributed by atoms with Crippen LogP contribution in [0.1, 0.15) is 49.3 Å². The average Bonchev–Trinajstić information content (AvgIpc) is 2.84. The number of ether oxygens (including phenoxy) is 1. The fourth-order valence-corrected chi connectivity index (χ4v) is 2.89. The molecule has 3 unspecified atom stereocenters. The molecule has 0 amide bonds. The maximum Gasteiger partial charge on any atom is 0.105 e. The molecule has 1 fully saturated rings. The zero-order chi connectivity index (χ0) is 12.4. The molecular formula is C14H23NO2. The summed E-state index contributed by atoms with van der Waals surface area (Å²) in [5.74, 6) is 2.01. The normalized spacial score (nSPS) is 26.4. The van der Waals surface area contributed by atoms with E-state index in [4.69, 9.17) is 9.15 Å². The van der Waals surface area contributed by atoms with Gasteiger partial charge in [0.15, 0.2) is 0 Å². The van der Waals surface area contributed by atoms with Crippen molar-refractivity contribution in [2.24, 2.45) is 0 Å². The highest BCUT2D eigenvalue weighted by molar-refractivity contribution is 5.23. The lowest BCUT2D eigenvalue weighted by molar-refractivity contribution is 0.0819. The van der Waals surface area contributed by atoms with Crippen LogP contribution in [-0.2, 0) is 4.74 Å². The Morgan fingerprint density at radius 2 is 2.18 bits per heavy atom. The van der Waals surface area contributed by atoms with Crippen molar-refractivity contribution in [3.05, 3.63) is 23.2 Å². The minimum atomic E-state index is 0.327. The van der Waals surface area contributed by atoms with Crippen molar-refractivity contribution >= 4 is 0 Å². The molecule has 1 aromatic heterocycles. The van der Waals surface area contributed by atoms with Crippen LogP contribution in [0.5, 0.6) is 0 Å². The van der Waals surface area contributed by atoms with Crippen molar-refractivity contribution < 1.29 is 9.15 Å². The molecule has 1 heterocycles. The van der Waals surface area contributed by atoms with E-state index >= 15 is 0 Å². The third-order valence-electron chi connectivity index (χ3n) is 3.77. The largest absolute Gasteiger partial charge is 0.466 e. The van der Waals surface area contributed by atoms with E-state index in [0.29, 0.717) is 18.2 Å². The van der Waals surface area contributed by atoms with Gasteiger partial charge in [0.2, 0.25) is 0 Å². The highest BCUT2D eigenvalue weighted by atomic mass is 16.5. The summed E-state index contributed by atoms with van der Waals surface area (Å²) in [7, 11) is 1.81. The summed E-state index contributed by atoms with van der Waals surface area (Å²) in [6, 6.07) is 2.93. The van der Waals surface area contributed by atoms with E-state index in [-0.39, 0.29) is 0 Å². The van der Waals surface area contributed by atoms with Gasteiger partial charge in [0, 0.05) is 24.8 Å². The molecule has 0 bridgehead atoms. The second-order valence-electron chi connectivity index (χ2n) is 5.07. The lowest BCUT2D eigenvalue weighted by Gasteiger charge is -2.24. The van der Waals surface area contributed by atoms with E-state index in [1.807, 2.05) is 21.0 Å². The Labute approximate surface area is 104 Å². The van der Waals surface area contributed by atoms with Gasteiger partial charge in [-0.05, 0) is 46.1 Å². The first-order chi connectivity index (χ1) is 8.11. The van der Waals surface area contributed by atoms with Crippen LogP contribution in [0.4, 0.5) is 0 Å². The number of hydrogen-bond donors (Lipinski definition) is 1. The molecule has 1 saturated carbocycles. The Morgan fingerprint density at radius 3 is 2.76 bits per heavy atom. The van der Waals surface area contributed by atoms with Crippen molar-refractivity contribution in [1.82, 2.24) is 5.32 Å².